The number of hydrogen-bond acceptors (Lipinski definition) is 2. The molecule has 14 heavy (non-hydrogen) atoms. The summed E-state index contributed by atoms with van der Waals surface area (Å²) in [7, 11) is 0. The fourth-order valence-corrected chi connectivity index (χ4v) is 1.77. The average molecular weight is 196 g/mol. The Kier molecular flexibility index (Phi) is 4.18. The molecule has 0 unspecified atom stereocenters. The van der Waals surface area contributed by atoms with Crippen molar-refractivity contribution in [3.63, 3.8) is 0 Å². The quantitative estimate of drug-likeness (QED) is 0.510. The predicted molar refractivity (Wildman–Crippen MR) is 56.9 cm³/mol. The molecule has 1 saturated heterocycles. The van der Waals surface area contributed by atoms with Gasteiger partial charge in [-0.2, -0.15) is 0 Å². The van der Waals surface area contributed by atoms with Crippen LogP contribution >= 0.6 is 0 Å². The first-order valence-corrected chi connectivity index (χ1v) is 5.38. The van der Waals surface area contributed by atoms with E-state index in [9.17, 15) is 4.79 Å². The second kappa shape index (κ2) is 5.18. The van der Waals surface area contributed by atoms with E-state index in [-0.39, 0.29) is 5.97 Å². The molecule has 0 amide bonds. The molecule has 0 saturated carbocycles. The maximum Gasteiger partial charge on any atom is 0.306 e. The average Bonchev–Trinajstić information content (AvgIpc) is 2.51. The highest BCUT2D eigenvalue weighted by Crippen LogP contribution is 2.26. The second-order valence-electron chi connectivity index (χ2n) is 4.48. The number of cyclic esters (lactones) is 1. The van der Waals surface area contributed by atoms with Gasteiger partial charge in [-0.25, -0.2) is 0 Å². The van der Waals surface area contributed by atoms with Crippen LogP contribution in [0.4, 0.5) is 0 Å². The van der Waals surface area contributed by atoms with Crippen molar-refractivity contribution in [1.29, 1.82) is 0 Å². The van der Waals surface area contributed by atoms with Gasteiger partial charge in [0, 0.05) is 5.92 Å². The first-order valence-electron chi connectivity index (χ1n) is 5.38. The van der Waals surface area contributed by atoms with E-state index in [4.69, 9.17) is 4.74 Å². The second-order valence-corrected chi connectivity index (χ2v) is 4.48. The highest BCUT2D eigenvalue weighted by molar-refractivity contribution is 5.71. The molecule has 0 bridgehead atoms. The Morgan fingerprint density at radius 3 is 2.86 bits per heavy atom. The van der Waals surface area contributed by atoms with Crippen molar-refractivity contribution in [1.82, 2.24) is 0 Å². The Bertz CT molecular complexity index is 226. The summed E-state index contributed by atoms with van der Waals surface area (Å²) in [6.45, 7) is 7.08. The molecule has 0 aromatic rings. The van der Waals surface area contributed by atoms with Crippen molar-refractivity contribution >= 4 is 5.97 Å². The van der Waals surface area contributed by atoms with Gasteiger partial charge in [0.2, 0.25) is 0 Å². The van der Waals surface area contributed by atoms with Crippen LogP contribution in [0.25, 0.3) is 0 Å². The molecule has 80 valence electrons. The van der Waals surface area contributed by atoms with Crippen molar-refractivity contribution in [3.8, 4) is 0 Å². The van der Waals surface area contributed by atoms with E-state index in [1.54, 1.807) is 0 Å². The fourth-order valence-electron chi connectivity index (χ4n) is 1.77. The summed E-state index contributed by atoms with van der Waals surface area (Å²) in [6.07, 6.45) is 5.16. The van der Waals surface area contributed by atoms with E-state index in [0.29, 0.717) is 24.9 Å². The van der Waals surface area contributed by atoms with Crippen LogP contribution in [-0.2, 0) is 9.53 Å². The number of hydrogen-bond donors (Lipinski definition) is 0. The van der Waals surface area contributed by atoms with Gasteiger partial charge in [-0.3, -0.25) is 4.79 Å². The molecule has 2 heteroatoms. The summed E-state index contributed by atoms with van der Waals surface area (Å²) in [4.78, 5) is 10.9. The zero-order chi connectivity index (χ0) is 10.6. The third-order valence-electron chi connectivity index (χ3n) is 2.87. The highest BCUT2D eigenvalue weighted by Gasteiger charge is 2.27. The molecular formula is C12H20O2. The Morgan fingerprint density at radius 2 is 2.36 bits per heavy atom. The fraction of sp³-hybridized carbons (Fsp3) is 0.750. The topological polar surface area (TPSA) is 26.3 Å². The molecule has 1 fully saturated rings. The van der Waals surface area contributed by atoms with Crippen molar-refractivity contribution in [2.75, 3.05) is 6.61 Å². The maximum absolute atomic E-state index is 10.9. The van der Waals surface area contributed by atoms with E-state index >= 15 is 0 Å². The van der Waals surface area contributed by atoms with Crippen molar-refractivity contribution in [2.45, 2.75) is 40.0 Å². The normalized spacial score (nSPS) is 23.1. The summed E-state index contributed by atoms with van der Waals surface area (Å²) >= 11 is 0. The monoisotopic (exact) mass is 196 g/mol. The first kappa shape index (κ1) is 11.3. The molecule has 1 heterocycles. The summed E-state index contributed by atoms with van der Waals surface area (Å²) in [5.74, 6) is 1.02. The van der Waals surface area contributed by atoms with Crippen LogP contribution in [0.5, 0.6) is 0 Å². The van der Waals surface area contributed by atoms with Gasteiger partial charge < -0.3 is 4.74 Å². The third-order valence-corrected chi connectivity index (χ3v) is 2.87. The minimum absolute atomic E-state index is 0.0240. The molecule has 1 aliphatic heterocycles. The molecule has 1 aliphatic rings. The van der Waals surface area contributed by atoms with Gasteiger partial charge in [0.15, 0.2) is 0 Å². The SMILES string of the molecule is CC(C)=CCC[C@H](C)[C@H]1COC(=O)C1. The Balaban J connectivity index is 2.25. The van der Waals surface area contributed by atoms with Crippen molar-refractivity contribution in [2.24, 2.45) is 11.8 Å². The smallest absolute Gasteiger partial charge is 0.306 e. The van der Waals surface area contributed by atoms with Crippen LogP contribution in [0.1, 0.15) is 40.0 Å². The molecule has 0 spiro atoms. The lowest BCUT2D eigenvalue weighted by atomic mass is 9.89. The third kappa shape index (κ3) is 3.52. The van der Waals surface area contributed by atoms with Crippen molar-refractivity contribution < 1.29 is 9.53 Å². The van der Waals surface area contributed by atoms with Crippen LogP contribution in [0.3, 0.4) is 0 Å². The van der Waals surface area contributed by atoms with E-state index < -0.39 is 0 Å². The number of ether oxygens (including phenoxy) is 1. The molecule has 0 aliphatic carbocycles. The molecule has 2 nitrogen and oxygen atoms in total. The molecule has 0 radical (unpaired) electrons. The van der Waals surface area contributed by atoms with Gasteiger partial charge in [-0.1, -0.05) is 18.6 Å². The number of rotatable bonds is 4. The first-order chi connectivity index (χ1) is 6.59. The number of esters is 1. The summed E-state index contributed by atoms with van der Waals surface area (Å²) in [6, 6.07) is 0. The lowest BCUT2D eigenvalue weighted by molar-refractivity contribution is -0.137. The lowest BCUT2D eigenvalue weighted by Gasteiger charge is -2.14. The lowest BCUT2D eigenvalue weighted by Crippen LogP contribution is -2.11. The van der Waals surface area contributed by atoms with Gasteiger partial charge in [0.05, 0.1) is 13.0 Å². The van der Waals surface area contributed by atoms with E-state index in [0.717, 1.165) is 12.8 Å². The minimum Gasteiger partial charge on any atom is -0.465 e. The summed E-state index contributed by atoms with van der Waals surface area (Å²) < 4.78 is 4.96. The number of carbonyl (C=O) groups excluding carboxylic acids is 1. The van der Waals surface area contributed by atoms with Gasteiger partial charge in [-0.15, -0.1) is 0 Å². The van der Waals surface area contributed by atoms with Gasteiger partial charge in [-0.05, 0) is 32.6 Å². The van der Waals surface area contributed by atoms with Crippen LogP contribution < -0.4 is 0 Å². The standard InChI is InChI=1S/C12H20O2/c1-9(2)5-4-6-10(3)11-7-12(13)14-8-11/h5,10-11H,4,6-8H2,1-3H3/t10-,11+/m0/s1. The largest absolute Gasteiger partial charge is 0.465 e. The summed E-state index contributed by atoms with van der Waals surface area (Å²) in [5.41, 5.74) is 1.37. The zero-order valence-electron chi connectivity index (χ0n) is 9.38. The molecular weight excluding hydrogens is 176 g/mol. The Labute approximate surface area is 86.3 Å². The Morgan fingerprint density at radius 1 is 1.64 bits per heavy atom. The van der Waals surface area contributed by atoms with E-state index in [2.05, 4.69) is 26.8 Å². The molecule has 0 aromatic carbocycles. The minimum atomic E-state index is -0.0240. The maximum atomic E-state index is 10.9. The van der Waals surface area contributed by atoms with Crippen LogP contribution in [0.15, 0.2) is 11.6 Å². The molecule has 0 N–H and O–H groups in total. The van der Waals surface area contributed by atoms with Gasteiger partial charge >= 0.3 is 5.97 Å². The Hall–Kier alpha value is -0.790. The van der Waals surface area contributed by atoms with E-state index in [1.807, 2.05) is 0 Å². The molecule has 1 rings (SSSR count). The number of carbonyl (C=O) groups is 1. The predicted octanol–water partition coefficient (Wildman–Crippen LogP) is 2.93. The number of allylic oxidation sites excluding steroid dienone is 2. The van der Waals surface area contributed by atoms with Gasteiger partial charge in [0.25, 0.3) is 0 Å². The highest BCUT2D eigenvalue weighted by atomic mass is 16.5. The zero-order valence-corrected chi connectivity index (χ0v) is 9.38. The van der Waals surface area contributed by atoms with Crippen LogP contribution in [0.2, 0.25) is 0 Å². The molecule has 2 atom stereocenters. The summed E-state index contributed by atoms with van der Waals surface area (Å²) in [5, 5.41) is 0. The van der Waals surface area contributed by atoms with E-state index in [1.165, 1.54) is 5.57 Å². The van der Waals surface area contributed by atoms with Crippen molar-refractivity contribution in [3.05, 3.63) is 11.6 Å². The van der Waals surface area contributed by atoms with Crippen LogP contribution in [0, 0.1) is 11.8 Å². The molecule has 0 aromatic heterocycles. The van der Waals surface area contributed by atoms with Gasteiger partial charge in [0.1, 0.15) is 0 Å². The van der Waals surface area contributed by atoms with Crippen LogP contribution in [-0.4, -0.2) is 12.6 Å².